The highest BCUT2D eigenvalue weighted by molar-refractivity contribution is 5.46. The minimum Gasteiger partial charge on any atom is -0.327 e. The minimum absolute atomic E-state index is 0.402. The molecule has 6 saturated carbocycles. The SMILES string of the molecule is NC1[C@H]2[C@H]3[C@H]4C[C@@H]2C2[C@H]4C[C@@H]3C12c1ccccc1. The Bertz CT molecular complexity index is 552. The van der Waals surface area contributed by atoms with Gasteiger partial charge in [0.25, 0.3) is 0 Å². The van der Waals surface area contributed by atoms with Crippen molar-refractivity contribution < 1.29 is 0 Å². The second kappa shape index (κ2) is 2.43. The van der Waals surface area contributed by atoms with E-state index in [4.69, 9.17) is 5.73 Å². The molecule has 6 bridgehead atoms. The molecule has 0 heterocycles. The van der Waals surface area contributed by atoms with Gasteiger partial charge < -0.3 is 5.73 Å². The van der Waals surface area contributed by atoms with Crippen LogP contribution >= 0.6 is 0 Å². The summed E-state index contributed by atoms with van der Waals surface area (Å²) in [6.45, 7) is 0. The van der Waals surface area contributed by atoms with E-state index in [2.05, 4.69) is 30.3 Å². The second-order valence-electron chi connectivity index (χ2n) is 7.57. The molecule has 92 valence electrons. The van der Waals surface area contributed by atoms with E-state index >= 15 is 0 Å². The van der Waals surface area contributed by atoms with Crippen LogP contribution in [0.4, 0.5) is 0 Å². The van der Waals surface area contributed by atoms with E-state index in [1.54, 1.807) is 5.56 Å². The smallest absolute Gasteiger partial charge is 0.0176 e. The Balaban J connectivity index is 1.68. The van der Waals surface area contributed by atoms with Crippen molar-refractivity contribution in [3.8, 4) is 0 Å². The Hall–Kier alpha value is -0.820. The summed E-state index contributed by atoms with van der Waals surface area (Å²) >= 11 is 0. The predicted molar refractivity (Wildman–Crippen MR) is 69.8 cm³/mol. The van der Waals surface area contributed by atoms with E-state index in [-0.39, 0.29) is 0 Å². The van der Waals surface area contributed by atoms with Gasteiger partial charge in [0.15, 0.2) is 0 Å². The zero-order valence-corrected chi connectivity index (χ0v) is 10.5. The molecule has 2 N–H and O–H groups in total. The van der Waals surface area contributed by atoms with Crippen LogP contribution in [0.25, 0.3) is 0 Å². The summed E-state index contributed by atoms with van der Waals surface area (Å²) in [7, 11) is 0. The lowest BCUT2D eigenvalue weighted by Gasteiger charge is -2.43. The van der Waals surface area contributed by atoms with E-state index in [1.807, 2.05) is 0 Å². The molecule has 0 saturated heterocycles. The third-order valence-corrected chi connectivity index (χ3v) is 7.85. The Kier molecular flexibility index (Phi) is 1.23. The molecule has 1 heteroatoms. The van der Waals surface area contributed by atoms with Crippen LogP contribution in [-0.2, 0) is 5.41 Å². The van der Waals surface area contributed by atoms with Crippen molar-refractivity contribution in [3.05, 3.63) is 35.9 Å². The highest BCUT2D eigenvalue weighted by Crippen LogP contribution is 2.86. The van der Waals surface area contributed by atoms with Crippen LogP contribution in [0, 0.1) is 41.4 Å². The summed E-state index contributed by atoms with van der Waals surface area (Å²) in [4.78, 5) is 0. The summed E-state index contributed by atoms with van der Waals surface area (Å²) in [5.74, 6) is 6.94. The first-order valence-electron chi connectivity index (χ1n) is 7.66. The van der Waals surface area contributed by atoms with Crippen molar-refractivity contribution in [2.24, 2.45) is 47.2 Å². The van der Waals surface area contributed by atoms with Gasteiger partial charge in [-0.25, -0.2) is 0 Å². The van der Waals surface area contributed by atoms with Gasteiger partial charge in [0.05, 0.1) is 0 Å². The van der Waals surface area contributed by atoms with Gasteiger partial charge in [-0.1, -0.05) is 30.3 Å². The molecule has 6 aliphatic carbocycles. The molecule has 18 heavy (non-hydrogen) atoms. The van der Waals surface area contributed by atoms with Crippen molar-refractivity contribution in [3.63, 3.8) is 0 Å². The topological polar surface area (TPSA) is 26.0 Å². The molecule has 6 fully saturated rings. The van der Waals surface area contributed by atoms with E-state index in [1.165, 1.54) is 12.8 Å². The maximum atomic E-state index is 6.81. The first-order chi connectivity index (χ1) is 8.85. The maximum Gasteiger partial charge on any atom is 0.0176 e. The molecule has 3 unspecified atom stereocenters. The third kappa shape index (κ3) is 0.602. The largest absolute Gasteiger partial charge is 0.327 e. The van der Waals surface area contributed by atoms with Gasteiger partial charge in [-0.2, -0.15) is 0 Å². The first kappa shape index (κ1) is 9.14. The average Bonchev–Trinajstić information content (AvgIpc) is 3.11. The van der Waals surface area contributed by atoms with Crippen LogP contribution in [-0.4, -0.2) is 6.04 Å². The Labute approximate surface area is 108 Å². The molecule has 1 aromatic rings. The first-order valence-corrected chi connectivity index (χ1v) is 7.66. The molecule has 0 radical (unpaired) electrons. The molecule has 0 spiro atoms. The quantitative estimate of drug-likeness (QED) is 0.797. The van der Waals surface area contributed by atoms with E-state index in [9.17, 15) is 0 Å². The lowest BCUT2D eigenvalue weighted by molar-refractivity contribution is 0.107. The third-order valence-electron chi connectivity index (χ3n) is 7.85. The minimum atomic E-state index is 0.402. The van der Waals surface area contributed by atoms with E-state index in [0.717, 1.165) is 41.4 Å². The molecule has 0 aromatic heterocycles. The number of hydrogen-bond acceptors (Lipinski definition) is 1. The molecule has 1 nitrogen and oxygen atoms in total. The van der Waals surface area contributed by atoms with Crippen molar-refractivity contribution in [1.82, 2.24) is 0 Å². The Morgan fingerprint density at radius 2 is 1.78 bits per heavy atom. The van der Waals surface area contributed by atoms with Gasteiger partial charge in [-0.3, -0.25) is 0 Å². The van der Waals surface area contributed by atoms with Crippen LogP contribution < -0.4 is 5.73 Å². The van der Waals surface area contributed by atoms with Crippen molar-refractivity contribution in [1.29, 1.82) is 0 Å². The number of rotatable bonds is 1. The van der Waals surface area contributed by atoms with Crippen molar-refractivity contribution in [2.45, 2.75) is 24.3 Å². The van der Waals surface area contributed by atoms with Gasteiger partial charge in [0, 0.05) is 11.5 Å². The van der Waals surface area contributed by atoms with Crippen LogP contribution in [0.15, 0.2) is 30.3 Å². The van der Waals surface area contributed by atoms with Crippen LogP contribution in [0.3, 0.4) is 0 Å². The maximum absolute atomic E-state index is 6.81. The zero-order valence-electron chi connectivity index (χ0n) is 10.5. The molecular weight excluding hydrogens is 218 g/mol. The van der Waals surface area contributed by atoms with Crippen LogP contribution in [0.1, 0.15) is 18.4 Å². The molecule has 9 atom stereocenters. The van der Waals surface area contributed by atoms with E-state index < -0.39 is 0 Å². The van der Waals surface area contributed by atoms with Crippen molar-refractivity contribution in [2.75, 3.05) is 0 Å². The Morgan fingerprint density at radius 3 is 2.61 bits per heavy atom. The normalized spacial score (nSPS) is 64.7. The molecular formula is C17H19N. The monoisotopic (exact) mass is 237 g/mol. The highest BCUT2D eigenvalue weighted by Gasteiger charge is 2.85. The molecule has 0 amide bonds. The lowest BCUT2D eigenvalue weighted by Crippen LogP contribution is -2.46. The fraction of sp³-hybridized carbons (Fsp3) is 0.647. The van der Waals surface area contributed by atoms with Gasteiger partial charge in [-0.05, 0) is 59.8 Å². The highest BCUT2D eigenvalue weighted by atomic mass is 15.0. The number of nitrogens with two attached hydrogens (primary N) is 1. The van der Waals surface area contributed by atoms with Gasteiger partial charge in [-0.15, -0.1) is 0 Å². The lowest BCUT2D eigenvalue weighted by atomic mass is 9.60. The van der Waals surface area contributed by atoms with Gasteiger partial charge >= 0.3 is 0 Å². The van der Waals surface area contributed by atoms with Crippen LogP contribution in [0.2, 0.25) is 0 Å². The summed E-state index contributed by atoms with van der Waals surface area (Å²) in [5, 5.41) is 0. The number of hydrogen-bond donors (Lipinski definition) is 1. The summed E-state index contributed by atoms with van der Waals surface area (Å²) in [6.07, 6.45) is 3.04. The fourth-order valence-corrected chi connectivity index (χ4v) is 8.06. The summed E-state index contributed by atoms with van der Waals surface area (Å²) in [5.41, 5.74) is 8.80. The summed E-state index contributed by atoms with van der Waals surface area (Å²) < 4.78 is 0. The number of benzene rings is 1. The molecule has 6 aliphatic rings. The molecule has 1 aromatic carbocycles. The van der Waals surface area contributed by atoms with Crippen molar-refractivity contribution >= 4 is 0 Å². The molecule has 0 aliphatic heterocycles. The van der Waals surface area contributed by atoms with E-state index in [0.29, 0.717) is 11.5 Å². The molecule has 7 rings (SSSR count). The summed E-state index contributed by atoms with van der Waals surface area (Å²) in [6, 6.07) is 11.8. The van der Waals surface area contributed by atoms with Crippen LogP contribution in [0.5, 0.6) is 0 Å². The second-order valence-corrected chi connectivity index (χ2v) is 7.57. The fourth-order valence-electron chi connectivity index (χ4n) is 8.06. The van der Waals surface area contributed by atoms with Gasteiger partial charge in [0.1, 0.15) is 0 Å². The average molecular weight is 237 g/mol. The Morgan fingerprint density at radius 1 is 0.944 bits per heavy atom. The zero-order chi connectivity index (χ0) is 11.6. The predicted octanol–water partition coefficient (Wildman–Crippen LogP) is 2.41. The van der Waals surface area contributed by atoms with Gasteiger partial charge in [0.2, 0.25) is 0 Å². The standard InChI is InChI=1S/C17H19N/c18-16-14-11-6-9-10-7-12(13(9)14)17(16,15(10)11)8-4-2-1-3-5-8/h1-5,9-16H,6-7,18H2/t9-,10-,11-,12-,13-,14+,15?,16?,17?/m0/s1.